The van der Waals surface area contributed by atoms with E-state index in [9.17, 15) is 4.79 Å². The summed E-state index contributed by atoms with van der Waals surface area (Å²) < 4.78 is 0. The monoisotopic (exact) mass is 192 g/mol. The van der Waals surface area contributed by atoms with E-state index in [0.717, 1.165) is 16.7 Å². The lowest BCUT2D eigenvalue weighted by Crippen LogP contribution is -2.20. The van der Waals surface area contributed by atoms with E-state index in [2.05, 4.69) is 6.07 Å². The van der Waals surface area contributed by atoms with Gasteiger partial charge in [-0.15, -0.1) is 0 Å². The van der Waals surface area contributed by atoms with Crippen LogP contribution in [0.4, 0.5) is 0 Å². The average molecular weight is 192 g/mol. The van der Waals surface area contributed by atoms with E-state index in [-0.39, 0.29) is 18.4 Å². The molecule has 1 rings (SSSR count). The SMILES string of the molecule is Cc1cc(C)cc([C@H](N)CC(N)=O)c1. The van der Waals surface area contributed by atoms with Crippen molar-refractivity contribution in [3.05, 3.63) is 34.9 Å². The van der Waals surface area contributed by atoms with Crippen molar-refractivity contribution >= 4 is 5.91 Å². The van der Waals surface area contributed by atoms with Gasteiger partial charge >= 0.3 is 0 Å². The molecule has 0 radical (unpaired) electrons. The molecule has 1 aromatic carbocycles. The lowest BCUT2D eigenvalue weighted by Gasteiger charge is -2.11. The molecule has 1 aromatic rings. The number of aryl methyl sites for hydroxylation is 2. The zero-order valence-electron chi connectivity index (χ0n) is 8.58. The number of hydrogen-bond acceptors (Lipinski definition) is 2. The molecule has 3 heteroatoms. The Morgan fingerprint density at radius 2 is 1.79 bits per heavy atom. The molecule has 4 N–H and O–H groups in total. The maximum Gasteiger partial charge on any atom is 0.219 e. The van der Waals surface area contributed by atoms with Crippen LogP contribution in [0.5, 0.6) is 0 Å². The van der Waals surface area contributed by atoms with Gasteiger partial charge in [0, 0.05) is 12.5 Å². The molecule has 0 fully saturated rings. The number of rotatable bonds is 3. The molecular weight excluding hydrogens is 176 g/mol. The molecule has 1 atom stereocenters. The molecule has 0 heterocycles. The average Bonchev–Trinajstić information content (AvgIpc) is 2.00. The fraction of sp³-hybridized carbons (Fsp3) is 0.364. The summed E-state index contributed by atoms with van der Waals surface area (Å²) in [4.78, 5) is 10.7. The van der Waals surface area contributed by atoms with Crippen LogP contribution in [0.25, 0.3) is 0 Å². The van der Waals surface area contributed by atoms with Gasteiger partial charge in [-0.3, -0.25) is 4.79 Å². The molecule has 3 nitrogen and oxygen atoms in total. The minimum atomic E-state index is -0.364. The second kappa shape index (κ2) is 4.24. The second-order valence-corrected chi connectivity index (χ2v) is 3.70. The summed E-state index contributed by atoms with van der Waals surface area (Å²) in [7, 11) is 0. The summed E-state index contributed by atoms with van der Waals surface area (Å²) in [6, 6.07) is 5.76. The smallest absolute Gasteiger partial charge is 0.219 e. The van der Waals surface area contributed by atoms with Gasteiger partial charge in [-0.1, -0.05) is 29.3 Å². The largest absolute Gasteiger partial charge is 0.370 e. The summed E-state index contributed by atoms with van der Waals surface area (Å²) >= 11 is 0. The molecule has 0 saturated carbocycles. The predicted molar refractivity (Wildman–Crippen MR) is 56.7 cm³/mol. The van der Waals surface area contributed by atoms with E-state index in [0.29, 0.717) is 0 Å². The number of carbonyl (C=O) groups excluding carboxylic acids is 1. The quantitative estimate of drug-likeness (QED) is 0.755. The van der Waals surface area contributed by atoms with Crippen LogP contribution in [-0.4, -0.2) is 5.91 Å². The predicted octanol–water partition coefficient (Wildman–Crippen LogP) is 1.18. The highest BCUT2D eigenvalue weighted by molar-refractivity contribution is 5.74. The normalized spacial score (nSPS) is 12.5. The Kier molecular flexibility index (Phi) is 3.25. The van der Waals surface area contributed by atoms with Gasteiger partial charge < -0.3 is 11.5 Å². The van der Waals surface area contributed by atoms with Crippen molar-refractivity contribution in [2.45, 2.75) is 26.3 Å². The van der Waals surface area contributed by atoms with Crippen molar-refractivity contribution in [2.75, 3.05) is 0 Å². The molecular formula is C11H16N2O. The van der Waals surface area contributed by atoms with Crippen molar-refractivity contribution in [3.63, 3.8) is 0 Å². The van der Waals surface area contributed by atoms with Crippen molar-refractivity contribution in [1.29, 1.82) is 0 Å². The van der Waals surface area contributed by atoms with Gasteiger partial charge in [0.1, 0.15) is 0 Å². The minimum absolute atomic E-state index is 0.197. The van der Waals surface area contributed by atoms with Gasteiger partial charge in [0.05, 0.1) is 0 Å². The molecule has 0 bridgehead atoms. The lowest BCUT2D eigenvalue weighted by atomic mass is 10.00. The first-order chi connectivity index (χ1) is 6.49. The van der Waals surface area contributed by atoms with E-state index >= 15 is 0 Å². The van der Waals surface area contributed by atoms with Crippen LogP contribution in [0.3, 0.4) is 0 Å². The number of carbonyl (C=O) groups is 1. The van der Waals surface area contributed by atoms with Crippen LogP contribution in [0.1, 0.15) is 29.2 Å². The molecule has 76 valence electrons. The molecule has 0 aliphatic rings. The Morgan fingerprint density at radius 3 is 2.21 bits per heavy atom. The summed E-state index contributed by atoms with van der Waals surface area (Å²) in [5.41, 5.74) is 14.2. The topological polar surface area (TPSA) is 69.1 Å². The van der Waals surface area contributed by atoms with Crippen LogP contribution < -0.4 is 11.5 Å². The third kappa shape index (κ3) is 2.85. The fourth-order valence-corrected chi connectivity index (χ4v) is 1.56. The molecule has 14 heavy (non-hydrogen) atoms. The molecule has 1 amide bonds. The summed E-state index contributed by atoms with van der Waals surface area (Å²) in [6.07, 6.45) is 0.197. The van der Waals surface area contributed by atoms with Crippen LogP contribution >= 0.6 is 0 Å². The van der Waals surface area contributed by atoms with Crippen LogP contribution in [0, 0.1) is 13.8 Å². The third-order valence-electron chi connectivity index (χ3n) is 2.09. The summed E-state index contributed by atoms with van der Waals surface area (Å²) in [6.45, 7) is 4.01. The Balaban J connectivity index is 2.89. The highest BCUT2D eigenvalue weighted by Crippen LogP contribution is 2.17. The van der Waals surface area contributed by atoms with Crippen molar-refractivity contribution < 1.29 is 4.79 Å². The van der Waals surface area contributed by atoms with Crippen molar-refractivity contribution in [2.24, 2.45) is 11.5 Å². The second-order valence-electron chi connectivity index (χ2n) is 3.70. The van der Waals surface area contributed by atoms with Crippen LogP contribution in [0.15, 0.2) is 18.2 Å². The number of nitrogens with two attached hydrogens (primary N) is 2. The zero-order valence-corrected chi connectivity index (χ0v) is 8.58. The molecule has 0 saturated heterocycles. The summed E-state index contributed by atoms with van der Waals surface area (Å²) in [5.74, 6) is -0.364. The lowest BCUT2D eigenvalue weighted by molar-refractivity contribution is -0.118. The van der Waals surface area contributed by atoms with Gasteiger partial charge in [-0.2, -0.15) is 0 Å². The Hall–Kier alpha value is -1.35. The first-order valence-corrected chi connectivity index (χ1v) is 4.61. The van der Waals surface area contributed by atoms with Crippen molar-refractivity contribution in [3.8, 4) is 0 Å². The Morgan fingerprint density at radius 1 is 1.29 bits per heavy atom. The summed E-state index contributed by atoms with van der Waals surface area (Å²) in [5, 5.41) is 0. The third-order valence-corrected chi connectivity index (χ3v) is 2.09. The van der Waals surface area contributed by atoms with E-state index in [1.165, 1.54) is 0 Å². The first kappa shape index (κ1) is 10.7. The van der Waals surface area contributed by atoms with Gasteiger partial charge in [0.25, 0.3) is 0 Å². The highest BCUT2D eigenvalue weighted by atomic mass is 16.1. The minimum Gasteiger partial charge on any atom is -0.370 e. The number of amides is 1. The Bertz CT molecular complexity index is 327. The van der Waals surface area contributed by atoms with Gasteiger partial charge in [0.15, 0.2) is 0 Å². The van der Waals surface area contributed by atoms with Gasteiger partial charge in [0.2, 0.25) is 5.91 Å². The van der Waals surface area contributed by atoms with E-state index in [4.69, 9.17) is 11.5 Å². The molecule has 0 aliphatic carbocycles. The maximum atomic E-state index is 10.7. The highest BCUT2D eigenvalue weighted by Gasteiger charge is 2.09. The molecule has 0 aliphatic heterocycles. The van der Waals surface area contributed by atoms with Gasteiger partial charge in [-0.25, -0.2) is 0 Å². The molecule has 0 aromatic heterocycles. The molecule has 0 spiro atoms. The van der Waals surface area contributed by atoms with E-state index in [1.807, 2.05) is 26.0 Å². The van der Waals surface area contributed by atoms with Gasteiger partial charge in [-0.05, 0) is 19.4 Å². The van der Waals surface area contributed by atoms with Crippen LogP contribution in [0.2, 0.25) is 0 Å². The first-order valence-electron chi connectivity index (χ1n) is 4.61. The number of benzene rings is 1. The maximum absolute atomic E-state index is 10.7. The fourth-order valence-electron chi connectivity index (χ4n) is 1.56. The Labute approximate surface area is 84.1 Å². The number of primary amides is 1. The van der Waals surface area contributed by atoms with Crippen molar-refractivity contribution in [1.82, 2.24) is 0 Å². The number of hydrogen-bond donors (Lipinski definition) is 2. The standard InChI is InChI=1S/C11H16N2O/c1-7-3-8(2)5-9(4-7)10(12)6-11(13)14/h3-5,10H,6,12H2,1-2H3,(H2,13,14)/t10-/m1/s1. The van der Waals surface area contributed by atoms with E-state index in [1.54, 1.807) is 0 Å². The zero-order chi connectivity index (χ0) is 10.7. The molecule has 0 unspecified atom stereocenters. The van der Waals surface area contributed by atoms with Crippen LogP contribution in [-0.2, 0) is 4.79 Å². The van der Waals surface area contributed by atoms with E-state index < -0.39 is 0 Å².